The van der Waals surface area contributed by atoms with Crippen molar-refractivity contribution in [1.82, 2.24) is 0 Å². The number of hydrogen-bond acceptors (Lipinski definition) is 3. The van der Waals surface area contributed by atoms with E-state index in [1.807, 2.05) is 13.8 Å². The number of halogens is 1. The van der Waals surface area contributed by atoms with Gasteiger partial charge < -0.3 is 15.2 Å². The van der Waals surface area contributed by atoms with Gasteiger partial charge in [0.05, 0.1) is 19.3 Å². The predicted molar refractivity (Wildman–Crippen MR) is 70.1 cm³/mol. The average Bonchev–Trinajstić information content (AvgIpc) is 2.41. The minimum atomic E-state index is -0.370. The van der Waals surface area contributed by atoms with Gasteiger partial charge in [0.25, 0.3) is 0 Å². The third kappa shape index (κ3) is 3.43. The number of rotatable bonds is 7. The van der Waals surface area contributed by atoms with Crippen LogP contribution in [0, 0.1) is 5.82 Å². The van der Waals surface area contributed by atoms with E-state index in [9.17, 15) is 4.39 Å². The highest BCUT2D eigenvalue weighted by molar-refractivity contribution is 5.28. The Hall–Kier alpha value is -1.13. The van der Waals surface area contributed by atoms with Crippen molar-refractivity contribution < 1.29 is 13.9 Å². The van der Waals surface area contributed by atoms with E-state index in [0.29, 0.717) is 13.2 Å². The molecule has 0 radical (unpaired) electrons. The summed E-state index contributed by atoms with van der Waals surface area (Å²) in [7, 11) is 1.45. The topological polar surface area (TPSA) is 44.5 Å². The summed E-state index contributed by atoms with van der Waals surface area (Å²) in [4.78, 5) is 0. The van der Waals surface area contributed by atoms with Gasteiger partial charge in [-0.2, -0.15) is 0 Å². The van der Waals surface area contributed by atoms with Gasteiger partial charge in [-0.3, -0.25) is 0 Å². The van der Waals surface area contributed by atoms with Crippen LogP contribution in [0.4, 0.5) is 4.39 Å². The van der Waals surface area contributed by atoms with Crippen molar-refractivity contribution in [1.29, 1.82) is 0 Å². The summed E-state index contributed by atoms with van der Waals surface area (Å²) in [5, 5.41) is 0. The van der Waals surface area contributed by atoms with Gasteiger partial charge in [0.1, 0.15) is 0 Å². The molecule has 1 rings (SSSR count). The molecule has 0 amide bonds. The maximum Gasteiger partial charge on any atom is 0.165 e. The van der Waals surface area contributed by atoms with E-state index in [1.54, 1.807) is 12.1 Å². The Morgan fingerprint density at radius 2 is 1.94 bits per heavy atom. The van der Waals surface area contributed by atoms with Gasteiger partial charge in [0, 0.05) is 6.54 Å². The van der Waals surface area contributed by atoms with E-state index in [1.165, 1.54) is 13.2 Å². The zero-order chi connectivity index (χ0) is 13.6. The van der Waals surface area contributed by atoms with E-state index < -0.39 is 0 Å². The van der Waals surface area contributed by atoms with Crippen molar-refractivity contribution in [2.45, 2.75) is 38.9 Å². The first-order valence-corrected chi connectivity index (χ1v) is 6.27. The highest BCUT2D eigenvalue weighted by atomic mass is 19.1. The van der Waals surface area contributed by atoms with Gasteiger partial charge in [-0.1, -0.05) is 19.9 Å². The van der Waals surface area contributed by atoms with Gasteiger partial charge in [-0.15, -0.1) is 0 Å². The molecule has 0 saturated heterocycles. The Balaban J connectivity index is 2.71. The fourth-order valence-corrected chi connectivity index (χ4v) is 1.84. The van der Waals surface area contributed by atoms with E-state index in [0.717, 1.165) is 18.4 Å². The fraction of sp³-hybridized carbons (Fsp3) is 0.571. The van der Waals surface area contributed by atoms with E-state index in [4.69, 9.17) is 15.2 Å². The summed E-state index contributed by atoms with van der Waals surface area (Å²) >= 11 is 0. The Labute approximate surface area is 108 Å². The number of ether oxygens (including phenoxy) is 2. The molecule has 1 aromatic rings. The summed E-state index contributed by atoms with van der Waals surface area (Å²) in [5.41, 5.74) is 6.23. The third-order valence-electron chi connectivity index (χ3n) is 3.42. The number of nitrogens with two attached hydrogens (primary N) is 1. The molecule has 0 aliphatic heterocycles. The van der Waals surface area contributed by atoms with Crippen molar-refractivity contribution in [3.05, 3.63) is 29.6 Å². The van der Waals surface area contributed by atoms with Crippen LogP contribution in [0.3, 0.4) is 0 Å². The molecule has 18 heavy (non-hydrogen) atoms. The quantitative estimate of drug-likeness (QED) is 0.814. The number of hydrogen-bond donors (Lipinski definition) is 1. The SMILES string of the molecule is CCC(CC)(CN)OCc1ccc(OC)c(F)c1. The van der Waals surface area contributed by atoms with Crippen LogP contribution in [0.2, 0.25) is 0 Å². The largest absolute Gasteiger partial charge is 0.494 e. The number of methoxy groups -OCH3 is 1. The van der Waals surface area contributed by atoms with Crippen molar-refractivity contribution in [2.75, 3.05) is 13.7 Å². The van der Waals surface area contributed by atoms with Gasteiger partial charge in [-0.05, 0) is 30.5 Å². The molecule has 0 atom stereocenters. The van der Waals surface area contributed by atoms with Crippen molar-refractivity contribution in [2.24, 2.45) is 5.73 Å². The molecule has 102 valence electrons. The zero-order valence-corrected chi connectivity index (χ0v) is 11.3. The molecule has 0 saturated carbocycles. The van der Waals surface area contributed by atoms with Crippen LogP contribution in [-0.2, 0) is 11.3 Å². The molecule has 0 unspecified atom stereocenters. The Kier molecular flexibility index (Phi) is 5.56. The van der Waals surface area contributed by atoms with Crippen LogP contribution in [0.25, 0.3) is 0 Å². The Morgan fingerprint density at radius 3 is 2.39 bits per heavy atom. The molecule has 0 fully saturated rings. The van der Waals surface area contributed by atoms with E-state index >= 15 is 0 Å². The lowest BCUT2D eigenvalue weighted by atomic mass is 9.97. The van der Waals surface area contributed by atoms with Crippen LogP contribution in [0.5, 0.6) is 5.75 Å². The molecule has 0 spiro atoms. The standard InChI is InChI=1S/C14H22FNO2/c1-4-14(5-2,10-16)18-9-11-6-7-13(17-3)12(15)8-11/h6-8H,4-5,9-10,16H2,1-3H3. The molecule has 1 aromatic carbocycles. The zero-order valence-electron chi connectivity index (χ0n) is 11.3. The van der Waals surface area contributed by atoms with Gasteiger partial charge >= 0.3 is 0 Å². The summed E-state index contributed by atoms with van der Waals surface area (Å²) < 4.78 is 24.2. The fourth-order valence-electron chi connectivity index (χ4n) is 1.84. The molecule has 0 bridgehead atoms. The summed E-state index contributed by atoms with van der Waals surface area (Å²) in [6, 6.07) is 4.84. The highest BCUT2D eigenvalue weighted by Gasteiger charge is 2.25. The molecule has 2 N–H and O–H groups in total. The highest BCUT2D eigenvalue weighted by Crippen LogP contribution is 2.23. The smallest absolute Gasteiger partial charge is 0.165 e. The van der Waals surface area contributed by atoms with Crippen LogP contribution in [0.1, 0.15) is 32.3 Å². The summed E-state index contributed by atoms with van der Waals surface area (Å²) in [6.45, 7) is 4.92. The maximum absolute atomic E-state index is 13.5. The van der Waals surface area contributed by atoms with Crippen LogP contribution < -0.4 is 10.5 Å². The van der Waals surface area contributed by atoms with Crippen molar-refractivity contribution in [3.8, 4) is 5.75 Å². The first kappa shape index (κ1) is 14.9. The lowest BCUT2D eigenvalue weighted by Gasteiger charge is -2.30. The molecule has 3 nitrogen and oxygen atoms in total. The van der Waals surface area contributed by atoms with Gasteiger partial charge in [0.2, 0.25) is 0 Å². The second kappa shape index (κ2) is 6.71. The number of benzene rings is 1. The average molecular weight is 255 g/mol. The second-order valence-corrected chi connectivity index (χ2v) is 4.35. The van der Waals surface area contributed by atoms with Gasteiger partial charge in [0.15, 0.2) is 11.6 Å². The minimum Gasteiger partial charge on any atom is -0.494 e. The monoisotopic (exact) mass is 255 g/mol. The van der Waals surface area contributed by atoms with Crippen LogP contribution in [0.15, 0.2) is 18.2 Å². The van der Waals surface area contributed by atoms with Crippen molar-refractivity contribution >= 4 is 0 Å². The lowest BCUT2D eigenvalue weighted by molar-refractivity contribution is -0.0554. The normalized spacial score (nSPS) is 11.6. The molecule has 0 aliphatic rings. The second-order valence-electron chi connectivity index (χ2n) is 4.35. The Bertz CT molecular complexity index is 370. The molecular formula is C14H22FNO2. The molecule has 0 aliphatic carbocycles. The summed E-state index contributed by atoms with van der Waals surface area (Å²) in [6.07, 6.45) is 1.69. The first-order chi connectivity index (χ1) is 8.60. The van der Waals surface area contributed by atoms with E-state index in [-0.39, 0.29) is 17.2 Å². The third-order valence-corrected chi connectivity index (χ3v) is 3.42. The molecule has 0 aromatic heterocycles. The predicted octanol–water partition coefficient (Wildman–Crippen LogP) is 2.87. The lowest BCUT2D eigenvalue weighted by Crippen LogP contribution is -2.39. The van der Waals surface area contributed by atoms with Crippen molar-refractivity contribution in [3.63, 3.8) is 0 Å². The van der Waals surface area contributed by atoms with Crippen LogP contribution >= 0.6 is 0 Å². The minimum absolute atomic E-state index is 0.245. The maximum atomic E-state index is 13.5. The Morgan fingerprint density at radius 1 is 1.28 bits per heavy atom. The van der Waals surface area contributed by atoms with Gasteiger partial charge in [-0.25, -0.2) is 4.39 Å². The molecule has 4 heteroatoms. The van der Waals surface area contributed by atoms with Crippen LogP contribution in [-0.4, -0.2) is 19.3 Å². The molecular weight excluding hydrogens is 233 g/mol. The molecule has 0 heterocycles. The van der Waals surface area contributed by atoms with E-state index in [2.05, 4.69) is 0 Å². The summed E-state index contributed by atoms with van der Waals surface area (Å²) in [5.74, 6) is -0.125. The first-order valence-electron chi connectivity index (χ1n) is 6.27.